The summed E-state index contributed by atoms with van der Waals surface area (Å²) < 4.78 is 18.9. The molecule has 6 nitrogen and oxygen atoms in total. The van der Waals surface area contributed by atoms with E-state index in [-0.39, 0.29) is 6.61 Å². The second kappa shape index (κ2) is 9.96. The molecule has 0 spiro atoms. The van der Waals surface area contributed by atoms with Crippen LogP contribution in [0.2, 0.25) is 0 Å². The Morgan fingerprint density at radius 2 is 1.64 bits per heavy atom. The van der Waals surface area contributed by atoms with E-state index in [1.54, 1.807) is 14.2 Å². The molecular formula is C27H30N2O4. The number of benzene rings is 3. The first-order valence-corrected chi connectivity index (χ1v) is 11.0. The first-order valence-electron chi connectivity index (χ1n) is 11.0. The van der Waals surface area contributed by atoms with E-state index in [2.05, 4.69) is 4.57 Å². The SMILES string of the molecule is COc1ccc(Cc2nc3ccccc3n2CC(O)COc2c(C)cccc2C)cc1OC. The molecular weight excluding hydrogens is 416 g/mol. The zero-order valence-electron chi connectivity index (χ0n) is 19.5. The Hall–Kier alpha value is -3.51. The molecule has 172 valence electrons. The third kappa shape index (κ3) is 4.96. The summed E-state index contributed by atoms with van der Waals surface area (Å²) in [6.45, 7) is 4.61. The van der Waals surface area contributed by atoms with Gasteiger partial charge in [-0.05, 0) is 54.8 Å². The fourth-order valence-corrected chi connectivity index (χ4v) is 4.11. The highest BCUT2D eigenvalue weighted by Crippen LogP contribution is 2.29. The van der Waals surface area contributed by atoms with Gasteiger partial charge in [0.2, 0.25) is 0 Å². The van der Waals surface area contributed by atoms with E-state index in [4.69, 9.17) is 19.2 Å². The fraction of sp³-hybridized carbons (Fsp3) is 0.296. The van der Waals surface area contributed by atoms with Crippen molar-refractivity contribution in [1.29, 1.82) is 0 Å². The lowest BCUT2D eigenvalue weighted by Crippen LogP contribution is -2.25. The summed E-state index contributed by atoms with van der Waals surface area (Å²) in [4.78, 5) is 4.84. The van der Waals surface area contributed by atoms with Crippen LogP contribution in [0.4, 0.5) is 0 Å². The smallest absolute Gasteiger partial charge is 0.161 e. The molecule has 4 aromatic rings. The number of nitrogens with zero attached hydrogens (tertiary/aromatic N) is 2. The lowest BCUT2D eigenvalue weighted by atomic mass is 10.1. The average Bonchev–Trinajstić information content (AvgIpc) is 3.15. The predicted octanol–water partition coefficient (Wildman–Crippen LogP) is 4.70. The van der Waals surface area contributed by atoms with Gasteiger partial charge in [-0.15, -0.1) is 0 Å². The van der Waals surface area contributed by atoms with Crippen molar-refractivity contribution in [1.82, 2.24) is 9.55 Å². The van der Waals surface area contributed by atoms with Gasteiger partial charge < -0.3 is 23.9 Å². The van der Waals surface area contributed by atoms with E-state index >= 15 is 0 Å². The number of ether oxygens (including phenoxy) is 3. The average molecular weight is 447 g/mol. The van der Waals surface area contributed by atoms with E-state index in [0.717, 1.165) is 39.3 Å². The summed E-state index contributed by atoms with van der Waals surface area (Å²) in [6.07, 6.45) is -0.0924. The molecule has 4 rings (SSSR count). The van der Waals surface area contributed by atoms with Gasteiger partial charge in [0.25, 0.3) is 0 Å². The molecule has 0 saturated heterocycles. The number of rotatable bonds is 9. The van der Waals surface area contributed by atoms with Gasteiger partial charge in [-0.2, -0.15) is 0 Å². The van der Waals surface area contributed by atoms with Crippen molar-refractivity contribution < 1.29 is 19.3 Å². The standard InChI is InChI=1S/C27H30N2O4/c1-18-8-7-9-19(2)27(18)33-17-21(30)16-29-23-11-6-5-10-22(23)28-26(29)15-20-12-13-24(31-3)25(14-20)32-4/h5-14,21,30H,15-17H2,1-4H3. The maximum absolute atomic E-state index is 10.9. The lowest BCUT2D eigenvalue weighted by Gasteiger charge is -2.18. The highest BCUT2D eigenvalue weighted by Gasteiger charge is 2.17. The summed E-state index contributed by atoms with van der Waals surface area (Å²) in [6, 6.07) is 19.9. The van der Waals surface area contributed by atoms with Crippen LogP contribution in [0.5, 0.6) is 17.2 Å². The molecule has 0 amide bonds. The van der Waals surface area contributed by atoms with Gasteiger partial charge in [0.05, 0.1) is 31.8 Å². The summed E-state index contributed by atoms with van der Waals surface area (Å²) in [7, 11) is 3.25. The Balaban J connectivity index is 1.57. The van der Waals surface area contributed by atoms with Crippen LogP contribution in [-0.4, -0.2) is 41.6 Å². The molecule has 0 radical (unpaired) electrons. The number of aryl methyl sites for hydroxylation is 2. The molecule has 1 atom stereocenters. The monoisotopic (exact) mass is 446 g/mol. The van der Waals surface area contributed by atoms with Crippen molar-refractivity contribution in [3.63, 3.8) is 0 Å². The third-order valence-corrected chi connectivity index (χ3v) is 5.77. The number of imidazole rings is 1. The van der Waals surface area contributed by atoms with Crippen LogP contribution in [0.3, 0.4) is 0 Å². The van der Waals surface area contributed by atoms with Gasteiger partial charge >= 0.3 is 0 Å². The first-order chi connectivity index (χ1) is 16.0. The molecule has 1 heterocycles. The van der Waals surface area contributed by atoms with Crippen LogP contribution >= 0.6 is 0 Å². The number of fused-ring (bicyclic) bond motifs is 1. The van der Waals surface area contributed by atoms with Crippen molar-refractivity contribution in [3.05, 3.63) is 83.2 Å². The van der Waals surface area contributed by atoms with Crippen LogP contribution in [0.25, 0.3) is 11.0 Å². The van der Waals surface area contributed by atoms with E-state index in [1.807, 2.05) is 74.5 Å². The molecule has 0 aliphatic carbocycles. The maximum Gasteiger partial charge on any atom is 0.161 e. The Morgan fingerprint density at radius 3 is 2.36 bits per heavy atom. The minimum atomic E-state index is -0.689. The van der Waals surface area contributed by atoms with Gasteiger partial charge in [-0.25, -0.2) is 4.98 Å². The molecule has 0 bridgehead atoms. The van der Waals surface area contributed by atoms with Crippen LogP contribution in [0.15, 0.2) is 60.7 Å². The van der Waals surface area contributed by atoms with Crippen LogP contribution in [0, 0.1) is 13.8 Å². The topological polar surface area (TPSA) is 65.7 Å². The van der Waals surface area contributed by atoms with Gasteiger partial charge in [0.1, 0.15) is 24.3 Å². The number of hydrogen-bond donors (Lipinski definition) is 1. The summed E-state index contributed by atoms with van der Waals surface area (Å²) in [5.74, 6) is 3.07. The summed E-state index contributed by atoms with van der Waals surface area (Å²) >= 11 is 0. The maximum atomic E-state index is 10.9. The van der Waals surface area contributed by atoms with Crippen molar-refractivity contribution in [2.24, 2.45) is 0 Å². The van der Waals surface area contributed by atoms with E-state index < -0.39 is 6.10 Å². The second-order valence-electron chi connectivity index (χ2n) is 8.18. The summed E-state index contributed by atoms with van der Waals surface area (Å²) in [5.41, 5.74) is 5.05. The molecule has 1 unspecified atom stereocenters. The van der Waals surface area contributed by atoms with Crippen molar-refractivity contribution in [2.45, 2.75) is 32.9 Å². The van der Waals surface area contributed by atoms with Crippen LogP contribution in [-0.2, 0) is 13.0 Å². The van der Waals surface area contributed by atoms with E-state index in [1.165, 1.54) is 0 Å². The van der Waals surface area contributed by atoms with Gasteiger partial charge in [0.15, 0.2) is 11.5 Å². The molecule has 3 aromatic carbocycles. The van der Waals surface area contributed by atoms with Crippen molar-refractivity contribution in [3.8, 4) is 17.2 Å². The zero-order chi connectivity index (χ0) is 23.4. The predicted molar refractivity (Wildman–Crippen MR) is 130 cm³/mol. The van der Waals surface area contributed by atoms with E-state index in [0.29, 0.717) is 24.5 Å². The summed E-state index contributed by atoms with van der Waals surface area (Å²) in [5, 5.41) is 10.9. The number of methoxy groups -OCH3 is 2. The normalized spacial score (nSPS) is 12.0. The second-order valence-corrected chi connectivity index (χ2v) is 8.18. The molecule has 0 aliphatic heterocycles. The number of aliphatic hydroxyl groups excluding tert-OH is 1. The van der Waals surface area contributed by atoms with Crippen LogP contribution in [0.1, 0.15) is 22.5 Å². The fourth-order valence-electron chi connectivity index (χ4n) is 4.11. The number of hydrogen-bond acceptors (Lipinski definition) is 5. The highest BCUT2D eigenvalue weighted by molar-refractivity contribution is 5.76. The van der Waals surface area contributed by atoms with Crippen molar-refractivity contribution >= 4 is 11.0 Å². The minimum absolute atomic E-state index is 0.202. The van der Waals surface area contributed by atoms with Crippen LogP contribution < -0.4 is 14.2 Å². The molecule has 1 N–H and O–H groups in total. The highest BCUT2D eigenvalue weighted by atomic mass is 16.5. The number of aromatic nitrogens is 2. The Morgan fingerprint density at radius 1 is 0.909 bits per heavy atom. The van der Waals surface area contributed by atoms with E-state index in [9.17, 15) is 5.11 Å². The third-order valence-electron chi connectivity index (χ3n) is 5.77. The largest absolute Gasteiger partial charge is 0.493 e. The molecule has 0 saturated carbocycles. The number of aliphatic hydroxyl groups is 1. The minimum Gasteiger partial charge on any atom is -0.493 e. The van der Waals surface area contributed by atoms with Gasteiger partial charge in [0, 0.05) is 6.42 Å². The molecule has 6 heteroatoms. The Bertz CT molecular complexity index is 1230. The molecule has 1 aromatic heterocycles. The Labute approximate surface area is 194 Å². The van der Waals surface area contributed by atoms with Crippen molar-refractivity contribution in [2.75, 3.05) is 20.8 Å². The molecule has 0 aliphatic rings. The first kappa shape index (κ1) is 22.7. The van der Waals surface area contributed by atoms with Gasteiger partial charge in [-0.3, -0.25) is 0 Å². The Kier molecular flexibility index (Phi) is 6.84. The molecule has 0 fully saturated rings. The molecule has 33 heavy (non-hydrogen) atoms. The quantitative estimate of drug-likeness (QED) is 0.404. The zero-order valence-corrected chi connectivity index (χ0v) is 19.5. The number of para-hydroxylation sites is 3. The van der Waals surface area contributed by atoms with Gasteiger partial charge in [-0.1, -0.05) is 36.4 Å². The lowest BCUT2D eigenvalue weighted by molar-refractivity contribution is 0.0921.